The van der Waals surface area contributed by atoms with Crippen LogP contribution in [-0.4, -0.2) is 34.2 Å². The summed E-state index contributed by atoms with van der Waals surface area (Å²) in [6.45, 7) is 3.06. The third kappa shape index (κ3) is 3.48. The van der Waals surface area contributed by atoms with Crippen LogP contribution in [0, 0.1) is 6.92 Å². The molecule has 0 radical (unpaired) electrons. The van der Waals surface area contributed by atoms with Gasteiger partial charge in [0.2, 0.25) is 0 Å². The molecule has 0 bridgehead atoms. The summed E-state index contributed by atoms with van der Waals surface area (Å²) in [5.41, 5.74) is 2.09. The number of nitrogens with zero attached hydrogens (tertiary/aromatic N) is 1. The summed E-state index contributed by atoms with van der Waals surface area (Å²) in [5.74, 6) is 0.387. The van der Waals surface area contributed by atoms with Crippen LogP contribution >= 0.6 is 11.3 Å². The molecule has 2 heterocycles. The number of hydrogen-bond donors (Lipinski definition) is 2. The number of hydrogen-bond acceptors (Lipinski definition) is 5. The van der Waals surface area contributed by atoms with Crippen molar-refractivity contribution < 1.29 is 19.7 Å². The van der Waals surface area contributed by atoms with Gasteiger partial charge in [-0.2, -0.15) is 0 Å². The van der Waals surface area contributed by atoms with Crippen LogP contribution in [0.25, 0.3) is 10.4 Å². The van der Waals surface area contributed by atoms with Gasteiger partial charge in [0.1, 0.15) is 12.4 Å². The highest BCUT2D eigenvalue weighted by Crippen LogP contribution is 2.39. The highest BCUT2D eigenvalue weighted by Gasteiger charge is 2.24. The zero-order valence-corrected chi connectivity index (χ0v) is 15.6. The molecule has 0 fully saturated rings. The fourth-order valence-electron chi connectivity index (χ4n) is 3.23. The topological polar surface area (TPSA) is 70.0 Å². The number of aryl methyl sites for hydroxylation is 1. The Bertz CT molecular complexity index is 1010. The number of amides is 1. The second-order valence-electron chi connectivity index (χ2n) is 6.52. The molecule has 0 spiro atoms. The summed E-state index contributed by atoms with van der Waals surface area (Å²) < 4.78 is 5.73. The first-order valence-electron chi connectivity index (χ1n) is 8.65. The number of aromatic hydroxyl groups is 2. The lowest BCUT2D eigenvalue weighted by Gasteiger charge is -2.20. The number of rotatable bonds is 2. The van der Waals surface area contributed by atoms with Crippen molar-refractivity contribution in [3.8, 4) is 27.7 Å². The van der Waals surface area contributed by atoms with Gasteiger partial charge in [0, 0.05) is 27.4 Å². The number of ether oxygens (including phenoxy) is 1. The Labute approximate surface area is 161 Å². The average molecular weight is 381 g/mol. The van der Waals surface area contributed by atoms with E-state index in [-0.39, 0.29) is 17.4 Å². The smallest absolute Gasteiger partial charge is 0.254 e. The van der Waals surface area contributed by atoms with Crippen molar-refractivity contribution in [2.75, 3.05) is 13.2 Å². The molecule has 5 nitrogen and oxygen atoms in total. The van der Waals surface area contributed by atoms with E-state index < -0.39 is 0 Å². The summed E-state index contributed by atoms with van der Waals surface area (Å²) in [6, 6.07) is 14.0. The van der Waals surface area contributed by atoms with E-state index in [0.717, 1.165) is 16.0 Å². The van der Waals surface area contributed by atoms with Gasteiger partial charge in [0.05, 0.1) is 6.54 Å². The summed E-state index contributed by atoms with van der Waals surface area (Å²) in [6.07, 6.45) is 0. The maximum absolute atomic E-state index is 12.9. The maximum Gasteiger partial charge on any atom is 0.254 e. The number of phenols is 2. The second kappa shape index (κ2) is 6.96. The van der Waals surface area contributed by atoms with Gasteiger partial charge in [-0.25, -0.2) is 0 Å². The molecule has 3 aromatic rings. The van der Waals surface area contributed by atoms with Crippen LogP contribution in [0.5, 0.6) is 17.2 Å². The minimum absolute atomic E-state index is 0.0558. The van der Waals surface area contributed by atoms with Crippen molar-refractivity contribution in [3.05, 3.63) is 64.5 Å². The number of thiophene rings is 1. The van der Waals surface area contributed by atoms with Crippen LogP contribution in [0.1, 0.15) is 20.8 Å². The van der Waals surface area contributed by atoms with Crippen LogP contribution in [0.3, 0.4) is 0 Å². The predicted molar refractivity (Wildman–Crippen MR) is 104 cm³/mol. The lowest BCUT2D eigenvalue weighted by atomic mass is 10.1. The van der Waals surface area contributed by atoms with Crippen LogP contribution in [0.2, 0.25) is 0 Å². The molecular formula is C21H19NO4S. The summed E-state index contributed by atoms with van der Waals surface area (Å²) in [4.78, 5) is 16.8. The zero-order valence-electron chi connectivity index (χ0n) is 14.8. The Balaban J connectivity index is 1.68. The Morgan fingerprint density at radius 1 is 1.15 bits per heavy atom. The van der Waals surface area contributed by atoms with Crippen molar-refractivity contribution in [1.29, 1.82) is 0 Å². The summed E-state index contributed by atoms with van der Waals surface area (Å²) in [7, 11) is 0. The van der Waals surface area contributed by atoms with Crippen molar-refractivity contribution in [1.82, 2.24) is 4.90 Å². The Kier molecular flexibility index (Phi) is 4.49. The molecule has 4 rings (SSSR count). The van der Waals surface area contributed by atoms with Gasteiger partial charge in [-0.15, -0.1) is 11.3 Å². The van der Waals surface area contributed by atoms with Crippen LogP contribution in [0.15, 0.2) is 48.5 Å². The minimum atomic E-state index is -0.181. The lowest BCUT2D eigenvalue weighted by Crippen LogP contribution is -2.32. The molecule has 0 unspecified atom stereocenters. The molecule has 1 amide bonds. The van der Waals surface area contributed by atoms with E-state index in [1.165, 1.54) is 17.0 Å². The van der Waals surface area contributed by atoms with Gasteiger partial charge in [0.15, 0.2) is 11.5 Å². The zero-order chi connectivity index (χ0) is 19.0. The number of phenolic OH excluding ortho intramolecular Hbond substituents is 2. The Morgan fingerprint density at radius 2 is 2.00 bits per heavy atom. The molecule has 6 heteroatoms. The third-order valence-corrected chi connectivity index (χ3v) is 5.57. The second-order valence-corrected chi connectivity index (χ2v) is 7.81. The van der Waals surface area contributed by atoms with Crippen LogP contribution in [-0.2, 0) is 6.54 Å². The molecule has 0 atom stereocenters. The normalized spacial score (nSPS) is 13.6. The van der Waals surface area contributed by atoms with Gasteiger partial charge in [-0.3, -0.25) is 4.79 Å². The van der Waals surface area contributed by atoms with Gasteiger partial charge < -0.3 is 19.8 Å². The van der Waals surface area contributed by atoms with Crippen molar-refractivity contribution in [3.63, 3.8) is 0 Å². The van der Waals surface area contributed by atoms with Crippen molar-refractivity contribution in [2.24, 2.45) is 0 Å². The molecular weight excluding hydrogens is 362 g/mol. The lowest BCUT2D eigenvalue weighted by molar-refractivity contribution is 0.0732. The number of carbonyl (C=O) groups is 1. The molecule has 1 aromatic heterocycles. The molecule has 2 N–H and O–H groups in total. The predicted octanol–water partition coefficient (Wildman–Crippen LogP) is 4.17. The Hall–Kier alpha value is -2.99. The number of carbonyl (C=O) groups excluding carboxylic acids is 1. The Morgan fingerprint density at radius 3 is 2.74 bits per heavy atom. The van der Waals surface area contributed by atoms with E-state index >= 15 is 0 Å². The molecule has 0 saturated heterocycles. The first kappa shape index (κ1) is 17.4. The molecule has 27 heavy (non-hydrogen) atoms. The van der Waals surface area contributed by atoms with Crippen LogP contribution < -0.4 is 4.74 Å². The summed E-state index contributed by atoms with van der Waals surface area (Å²) >= 11 is 1.65. The molecule has 138 valence electrons. The fourth-order valence-corrected chi connectivity index (χ4v) is 4.08. The van der Waals surface area contributed by atoms with E-state index in [0.29, 0.717) is 31.0 Å². The fraction of sp³-hybridized carbons (Fsp3) is 0.190. The molecule has 0 saturated carbocycles. The standard InChI is InChI=1S/C21H19NO4S/c1-13-5-6-19(27-13)15-9-16-12-22(7-8-26-20(16)18(24)11-15)21(25)14-3-2-4-17(23)10-14/h2-6,9-11,23-24H,7-8,12H2,1H3. The third-order valence-electron chi connectivity index (χ3n) is 4.52. The molecule has 1 aliphatic rings. The average Bonchev–Trinajstić information content (AvgIpc) is 2.96. The van der Waals surface area contributed by atoms with E-state index in [2.05, 4.69) is 0 Å². The van der Waals surface area contributed by atoms with Crippen molar-refractivity contribution in [2.45, 2.75) is 13.5 Å². The highest BCUT2D eigenvalue weighted by molar-refractivity contribution is 7.15. The highest BCUT2D eigenvalue weighted by atomic mass is 32.1. The van der Waals surface area contributed by atoms with Gasteiger partial charge in [-0.05, 0) is 55.0 Å². The minimum Gasteiger partial charge on any atom is -0.508 e. The number of fused-ring (bicyclic) bond motifs is 1. The van der Waals surface area contributed by atoms with Gasteiger partial charge >= 0.3 is 0 Å². The first-order chi connectivity index (χ1) is 13.0. The van der Waals surface area contributed by atoms with E-state index in [4.69, 9.17) is 4.74 Å². The van der Waals surface area contributed by atoms with Crippen LogP contribution in [0.4, 0.5) is 0 Å². The summed E-state index contributed by atoms with van der Waals surface area (Å²) in [5, 5.41) is 20.1. The number of benzene rings is 2. The largest absolute Gasteiger partial charge is 0.508 e. The van der Waals surface area contributed by atoms with E-state index in [1.54, 1.807) is 34.4 Å². The van der Waals surface area contributed by atoms with E-state index in [9.17, 15) is 15.0 Å². The van der Waals surface area contributed by atoms with E-state index in [1.807, 2.05) is 25.1 Å². The van der Waals surface area contributed by atoms with Gasteiger partial charge in [0.25, 0.3) is 5.91 Å². The molecule has 1 aliphatic heterocycles. The quantitative estimate of drug-likeness (QED) is 0.699. The first-order valence-corrected chi connectivity index (χ1v) is 9.47. The van der Waals surface area contributed by atoms with Crippen molar-refractivity contribution >= 4 is 17.2 Å². The SMILES string of the molecule is Cc1ccc(-c2cc(O)c3c(c2)CN(C(=O)c2cccc(O)c2)CCO3)s1. The maximum atomic E-state index is 12.9. The monoisotopic (exact) mass is 381 g/mol. The molecule has 0 aliphatic carbocycles. The molecule has 2 aromatic carbocycles. The van der Waals surface area contributed by atoms with Gasteiger partial charge in [-0.1, -0.05) is 6.07 Å².